The average molecular weight is 218 g/mol. The second kappa shape index (κ2) is 4.88. The summed E-state index contributed by atoms with van der Waals surface area (Å²) in [5.74, 6) is 0.143. The predicted molar refractivity (Wildman–Crippen MR) is 60.2 cm³/mol. The number of anilines is 1. The molecule has 4 nitrogen and oxygen atoms in total. The van der Waals surface area contributed by atoms with E-state index in [2.05, 4.69) is 4.98 Å². The highest BCUT2D eigenvalue weighted by atomic mass is 16.2. The smallest absolute Gasteiger partial charge is 0.227 e. The molecular weight excluding hydrogens is 204 g/mol. The summed E-state index contributed by atoms with van der Waals surface area (Å²) in [4.78, 5) is 27.9. The predicted octanol–water partition coefficient (Wildman–Crippen LogP) is 1.34. The van der Waals surface area contributed by atoms with Gasteiger partial charge in [-0.05, 0) is 24.5 Å². The molecule has 1 aliphatic heterocycles. The zero-order valence-electron chi connectivity index (χ0n) is 9.06. The highest BCUT2D eigenvalue weighted by Crippen LogP contribution is 2.26. The number of fused-ring (bicyclic) bond motifs is 1. The third-order valence-electron chi connectivity index (χ3n) is 2.78. The van der Waals surface area contributed by atoms with Crippen LogP contribution in [0.15, 0.2) is 18.5 Å². The molecule has 0 spiro atoms. The molecule has 2 rings (SSSR count). The number of carbonyl (C=O) groups is 2. The molecule has 1 aromatic rings. The lowest BCUT2D eigenvalue weighted by Gasteiger charge is -2.28. The molecule has 0 fully saturated rings. The van der Waals surface area contributed by atoms with Crippen molar-refractivity contribution in [1.29, 1.82) is 0 Å². The fourth-order valence-corrected chi connectivity index (χ4v) is 1.96. The van der Waals surface area contributed by atoms with Crippen molar-refractivity contribution in [2.45, 2.75) is 25.7 Å². The van der Waals surface area contributed by atoms with Crippen LogP contribution in [0.3, 0.4) is 0 Å². The number of carbonyl (C=O) groups excluding carboxylic acids is 2. The highest BCUT2D eigenvalue weighted by Gasteiger charge is 2.23. The largest absolute Gasteiger partial charge is 0.312 e. The normalized spacial score (nSPS) is 14.8. The van der Waals surface area contributed by atoms with E-state index in [9.17, 15) is 9.59 Å². The van der Waals surface area contributed by atoms with Gasteiger partial charge < -0.3 is 9.69 Å². The Labute approximate surface area is 94.3 Å². The third-order valence-corrected chi connectivity index (χ3v) is 2.78. The number of aromatic nitrogens is 1. The lowest BCUT2D eigenvalue weighted by Crippen LogP contribution is -2.35. The molecule has 0 atom stereocenters. The molecule has 0 aromatic carbocycles. The lowest BCUT2D eigenvalue weighted by molar-refractivity contribution is -0.119. The van der Waals surface area contributed by atoms with E-state index in [0.29, 0.717) is 19.4 Å². The summed E-state index contributed by atoms with van der Waals surface area (Å²) in [6.45, 7) is 0.620. The second-order valence-corrected chi connectivity index (χ2v) is 3.86. The van der Waals surface area contributed by atoms with E-state index < -0.39 is 0 Å². The van der Waals surface area contributed by atoms with Crippen LogP contribution in [-0.2, 0) is 16.0 Å². The number of amides is 1. The van der Waals surface area contributed by atoms with Gasteiger partial charge in [0.1, 0.15) is 6.29 Å². The summed E-state index contributed by atoms with van der Waals surface area (Å²) in [5, 5.41) is 0. The van der Waals surface area contributed by atoms with Gasteiger partial charge in [0.15, 0.2) is 0 Å². The molecule has 0 aliphatic carbocycles. The fourth-order valence-electron chi connectivity index (χ4n) is 1.96. The van der Waals surface area contributed by atoms with Gasteiger partial charge >= 0.3 is 0 Å². The van der Waals surface area contributed by atoms with Crippen molar-refractivity contribution in [2.24, 2.45) is 0 Å². The number of rotatable bonds is 4. The Bertz CT molecular complexity index is 404. The number of aryl methyl sites for hydroxylation is 1. The number of hydrogen-bond donors (Lipinski definition) is 0. The quantitative estimate of drug-likeness (QED) is 0.566. The van der Waals surface area contributed by atoms with Gasteiger partial charge in [0, 0.05) is 37.5 Å². The zero-order chi connectivity index (χ0) is 11.4. The van der Waals surface area contributed by atoms with Crippen molar-refractivity contribution in [1.82, 2.24) is 4.98 Å². The van der Waals surface area contributed by atoms with Crippen LogP contribution < -0.4 is 4.90 Å². The number of aldehydes is 1. The van der Waals surface area contributed by atoms with Crippen LogP contribution in [0.25, 0.3) is 0 Å². The molecule has 0 bridgehead atoms. The first-order valence-electron chi connectivity index (χ1n) is 5.50. The standard InChI is InChI=1S/C12H14N2O2/c15-8-2-1-7-14-11-5-6-13-9-10(11)3-4-12(14)16/h5-6,8-9H,1-4,7H2. The Morgan fingerprint density at radius 2 is 2.31 bits per heavy atom. The van der Waals surface area contributed by atoms with E-state index >= 15 is 0 Å². The maximum absolute atomic E-state index is 11.8. The number of nitrogens with zero attached hydrogens (tertiary/aromatic N) is 2. The first-order valence-corrected chi connectivity index (χ1v) is 5.50. The Kier molecular flexibility index (Phi) is 3.29. The summed E-state index contributed by atoms with van der Waals surface area (Å²) in [6.07, 6.45) is 6.94. The molecule has 2 heterocycles. The van der Waals surface area contributed by atoms with Crippen molar-refractivity contribution in [2.75, 3.05) is 11.4 Å². The molecule has 4 heteroatoms. The van der Waals surface area contributed by atoms with E-state index in [1.54, 1.807) is 11.1 Å². The average Bonchev–Trinajstić information content (AvgIpc) is 2.32. The molecule has 1 aromatic heterocycles. The molecule has 0 saturated carbocycles. The molecule has 0 N–H and O–H groups in total. The van der Waals surface area contributed by atoms with Crippen molar-refractivity contribution in [3.63, 3.8) is 0 Å². The Morgan fingerprint density at radius 3 is 3.12 bits per heavy atom. The Hall–Kier alpha value is -1.71. The Morgan fingerprint density at radius 1 is 1.44 bits per heavy atom. The minimum Gasteiger partial charge on any atom is -0.312 e. The van der Waals surface area contributed by atoms with Crippen LogP contribution in [0.2, 0.25) is 0 Å². The van der Waals surface area contributed by atoms with Crippen molar-refractivity contribution in [3.8, 4) is 0 Å². The monoisotopic (exact) mass is 218 g/mol. The molecule has 0 radical (unpaired) electrons. The summed E-state index contributed by atoms with van der Waals surface area (Å²) in [7, 11) is 0. The molecule has 1 aliphatic rings. The summed E-state index contributed by atoms with van der Waals surface area (Å²) in [6, 6.07) is 1.87. The minimum atomic E-state index is 0.143. The van der Waals surface area contributed by atoms with Gasteiger partial charge in [-0.25, -0.2) is 0 Å². The maximum Gasteiger partial charge on any atom is 0.227 e. The first-order chi connectivity index (χ1) is 7.83. The van der Waals surface area contributed by atoms with E-state index in [-0.39, 0.29) is 5.91 Å². The zero-order valence-corrected chi connectivity index (χ0v) is 9.06. The third kappa shape index (κ3) is 2.10. The van der Waals surface area contributed by atoms with E-state index in [0.717, 1.165) is 30.4 Å². The van der Waals surface area contributed by atoms with Crippen LogP contribution >= 0.6 is 0 Å². The first kappa shape index (κ1) is 10.8. The van der Waals surface area contributed by atoms with E-state index in [1.165, 1.54) is 0 Å². The molecule has 0 unspecified atom stereocenters. The van der Waals surface area contributed by atoms with Gasteiger partial charge in [-0.1, -0.05) is 0 Å². The molecule has 1 amide bonds. The number of unbranched alkanes of at least 4 members (excludes halogenated alkanes) is 1. The molecule has 16 heavy (non-hydrogen) atoms. The summed E-state index contributed by atoms with van der Waals surface area (Å²) < 4.78 is 0. The van der Waals surface area contributed by atoms with Crippen LogP contribution in [0.5, 0.6) is 0 Å². The van der Waals surface area contributed by atoms with Gasteiger partial charge in [0.2, 0.25) is 5.91 Å². The maximum atomic E-state index is 11.8. The van der Waals surface area contributed by atoms with Crippen LogP contribution in [-0.4, -0.2) is 23.7 Å². The van der Waals surface area contributed by atoms with E-state index in [4.69, 9.17) is 0 Å². The fraction of sp³-hybridized carbons (Fsp3) is 0.417. The van der Waals surface area contributed by atoms with Gasteiger partial charge in [-0.15, -0.1) is 0 Å². The number of hydrogen-bond acceptors (Lipinski definition) is 3. The molecular formula is C12H14N2O2. The van der Waals surface area contributed by atoms with Gasteiger partial charge in [0.25, 0.3) is 0 Å². The highest BCUT2D eigenvalue weighted by molar-refractivity contribution is 5.96. The lowest BCUT2D eigenvalue weighted by atomic mass is 10.0. The molecule has 0 saturated heterocycles. The number of pyridine rings is 1. The van der Waals surface area contributed by atoms with Crippen molar-refractivity contribution >= 4 is 17.9 Å². The van der Waals surface area contributed by atoms with Gasteiger partial charge in [0.05, 0.1) is 0 Å². The molecule has 84 valence electrons. The van der Waals surface area contributed by atoms with Crippen LogP contribution in [0.1, 0.15) is 24.8 Å². The minimum absolute atomic E-state index is 0.143. The van der Waals surface area contributed by atoms with Gasteiger partial charge in [-0.2, -0.15) is 0 Å². The van der Waals surface area contributed by atoms with Crippen molar-refractivity contribution < 1.29 is 9.59 Å². The summed E-state index contributed by atoms with van der Waals surface area (Å²) >= 11 is 0. The SMILES string of the molecule is O=CCCCN1C(=O)CCc2cnccc21. The van der Waals surface area contributed by atoms with Gasteiger partial charge in [-0.3, -0.25) is 9.78 Å². The topological polar surface area (TPSA) is 50.3 Å². The second-order valence-electron chi connectivity index (χ2n) is 3.86. The Balaban J connectivity index is 2.16. The summed E-state index contributed by atoms with van der Waals surface area (Å²) in [5.41, 5.74) is 2.07. The van der Waals surface area contributed by atoms with Crippen LogP contribution in [0, 0.1) is 0 Å². The van der Waals surface area contributed by atoms with Crippen molar-refractivity contribution in [3.05, 3.63) is 24.0 Å². The van der Waals surface area contributed by atoms with E-state index in [1.807, 2.05) is 12.3 Å². The van der Waals surface area contributed by atoms with Crippen LogP contribution in [0.4, 0.5) is 5.69 Å².